The number of hydrogen-bond acceptors (Lipinski definition) is 3. The first kappa shape index (κ1) is 9.79. The van der Waals surface area contributed by atoms with Crippen molar-refractivity contribution in [2.45, 2.75) is 6.54 Å². The van der Waals surface area contributed by atoms with Crippen LogP contribution in [-0.2, 0) is 6.54 Å². The van der Waals surface area contributed by atoms with Gasteiger partial charge in [0.1, 0.15) is 5.75 Å². The summed E-state index contributed by atoms with van der Waals surface area (Å²) in [6, 6.07) is 5.33. The van der Waals surface area contributed by atoms with Crippen molar-refractivity contribution in [1.29, 1.82) is 0 Å². The van der Waals surface area contributed by atoms with Crippen molar-refractivity contribution in [2.24, 2.45) is 0 Å². The number of fused-ring (bicyclic) bond motifs is 1. The van der Waals surface area contributed by atoms with Crippen molar-refractivity contribution in [3.8, 4) is 5.75 Å². The Morgan fingerprint density at radius 3 is 3.00 bits per heavy atom. The minimum Gasteiger partial charge on any atom is -0.497 e. The first-order chi connectivity index (χ1) is 7.26. The lowest BCUT2D eigenvalue weighted by molar-refractivity contribution is 0.276. The summed E-state index contributed by atoms with van der Waals surface area (Å²) in [5, 5.41) is 8.84. The van der Waals surface area contributed by atoms with E-state index in [1.165, 1.54) is 4.57 Å². The van der Waals surface area contributed by atoms with E-state index in [0.717, 1.165) is 11.0 Å². The summed E-state index contributed by atoms with van der Waals surface area (Å²) in [7, 11) is 1.57. The third-order valence-corrected chi connectivity index (χ3v) is 2.31. The van der Waals surface area contributed by atoms with Crippen LogP contribution in [0, 0.1) is 0 Å². The zero-order valence-electron chi connectivity index (χ0n) is 8.36. The predicted octanol–water partition coefficient (Wildman–Crippen LogP) is 0.331. The van der Waals surface area contributed by atoms with Crippen molar-refractivity contribution < 1.29 is 9.84 Å². The lowest BCUT2D eigenvalue weighted by atomic mass is 10.3. The molecule has 1 heterocycles. The number of H-pyrrole nitrogens is 1. The van der Waals surface area contributed by atoms with Crippen LogP contribution in [-0.4, -0.2) is 28.4 Å². The normalized spacial score (nSPS) is 10.8. The number of nitrogens with one attached hydrogen (secondary N) is 1. The lowest BCUT2D eigenvalue weighted by Crippen LogP contribution is -2.18. The molecular formula is C10H12N2O3. The zero-order valence-corrected chi connectivity index (χ0v) is 8.36. The van der Waals surface area contributed by atoms with Gasteiger partial charge in [0.15, 0.2) is 0 Å². The highest BCUT2D eigenvalue weighted by Gasteiger charge is 2.06. The molecule has 1 aromatic carbocycles. The summed E-state index contributed by atoms with van der Waals surface area (Å²) in [6.45, 7) is 0.218. The van der Waals surface area contributed by atoms with E-state index >= 15 is 0 Å². The number of hydrogen-bond donors (Lipinski definition) is 2. The second-order valence-electron chi connectivity index (χ2n) is 3.19. The molecule has 1 aromatic heterocycles. The van der Waals surface area contributed by atoms with Crippen LogP contribution in [0.4, 0.5) is 0 Å². The van der Waals surface area contributed by atoms with Crippen LogP contribution in [0.15, 0.2) is 23.0 Å². The van der Waals surface area contributed by atoms with Gasteiger partial charge in [-0.3, -0.25) is 4.57 Å². The topological polar surface area (TPSA) is 67.2 Å². The maximum absolute atomic E-state index is 11.5. The summed E-state index contributed by atoms with van der Waals surface area (Å²) in [4.78, 5) is 14.2. The summed E-state index contributed by atoms with van der Waals surface area (Å²) in [5.74, 6) is 0.688. The van der Waals surface area contributed by atoms with E-state index < -0.39 is 0 Å². The van der Waals surface area contributed by atoms with Crippen LogP contribution in [0.5, 0.6) is 5.75 Å². The Morgan fingerprint density at radius 2 is 2.33 bits per heavy atom. The Labute approximate surface area is 85.9 Å². The van der Waals surface area contributed by atoms with Gasteiger partial charge in [0, 0.05) is 6.07 Å². The molecule has 2 aromatic rings. The second-order valence-corrected chi connectivity index (χ2v) is 3.19. The predicted molar refractivity (Wildman–Crippen MR) is 56.2 cm³/mol. The molecule has 5 heteroatoms. The maximum atomic E-state index is 11.5. The summed E-state index contributed by atoms with van der Waals surface area (Å²) in [6.07, 6.45) is 0. The van der Waals surface area contributed by atoms with Crippen molar-refractivity contribution >= 4 is 11.0 Å². The van der Waals surface area contributed by atoms with Crippen molar-refractivity contribution in [3.05, 3.63) is 28.7 Å². The number of aliphatic hydroxyl groups excluding tert-OH is 1. The molecule has 0 amide bonds. The quantitative estimate of drug-likeness (QED) is 0.763. The van der Waals surface area contributed by atoms with Crippen LogP contribution in [0.3, 0.4) is 0 Å². The molecule has 0 aliphatic rings. The summed E-state index contributed by atoms with van der Waals surface area (Å²) < 4.78 is 6.56. The number of ether oxygens (including phenoxy) is 1. The van der Waals surface area contributed by atoms with Crippen LogP contribution in [0.1, 0.15) is 0 Å². The molecule has 0 radical (unpaired) electrons. The van der Waals surface area contributed by atoms with E-state index in [0.29, 0.717) is 5.75 Å². The SMILES string of the molecule is COc1ccc2[nH]c(=O)n(CCO)c2c1. The molecule has 0 saturated carbocycles. The Bertz CT molecular complexity index is 527. The Hall–Kier alpha value is -1.75. The van der Waals surface area contributed by atoms with Gasteiger partial charge in [0.2, 0.25) is 0 Å². The monoisotopic (exact) mass is 208 g/mol. The average molecular weight is 208 g/mol. The number of nitrogens with zero attached hydrogens (tertiary/aromatic N) is 1. The molecule has 15 heavy (non-hydrogen) atoms. The van der Waals surface area contributed by atoms with E-state index in [2.05, 4.69) is 4.98 Å². The molecule has 0 aliphatic carbocycles. The number of rotatable bonds is 3. The van der Waals surface area contributed by atoms with Crippen LogP contribution in [0.2, 0.25) is 0 Å². The highest BCUT2D eigenvalue weighted by atomic mass is 16.5. The Morgan fingerprint density at radius 1 is 1.53 bits per heavy atom. The van der Waals surface area contributed by atoms with Gasteiger partial charge in [0.25, 0.3) is 0 Å². The third-order valence-electron chi connectivity index (χ3n) is 2.31. The van der Waals surface area contributed by atoms with Crippen LogP contribution < -0.4 is 10.4 Å². The Kier molecular flexibility index (Phi) is 2.47. The molecule has 0 fully saturated rings. The van der Waals surface area contributed by atoms with E-state index in [4.69, 9.17) is 9.84 Å². The van der Waals surface area contributed by atoms with Crippen molar-refractivity contribution in [3.63, 3.8) is 0 Å². The number of aliphatic hydroxyl groups is 1. The van der Waals surface area contributed by atoms with Crippen LogP contribution in [0.25, 0.3) is 11.0 Å². The largest absolute Gasteiger partial charge is 0.497 e. The van der Waals surface area contributed by atoms with Crippen molar-refractivity contribution in [2.75, 3.05) is 13.7 Å². The van der Waals surface area contributed by atoms with E-state index in [1.807, 2.05) is 0 Å². The van der Waals surface area contributed by atoms with Gasteiger partial charge >= 0.3 is 5.69 Å². The smallest absolute Gasteiger partial charge is 0.326 e. The average Bonchev–Trinajstić information content (AvgIpc) is 2.55. The molecule has 80 valence electrons. The molecule has 0 bridgehead atoms. The van der Waals surface area contributed by atoms with Gasteiger partial charge in [-0.2, -0.15) is 0 Å². The molecule has 5 nitrogen and oxygen atoms in total. The zero-order chi connectivity index (χ0) is 10.8. The molecule has 0 atom stereocenters. The van der Waals surface area contributed by atoms with Gasteiger partial charge in [-0.25, -0.2) is 4.79 Å². The highest BCUT2D eigenvalue weighted by molar-refractivity contribution is 5.76. The molecule has 0 aliphatic heterocycles. The number of aromatic amines is 1. The molecule has 0 spiro atoms. The fourth-order valence-corrected chi connectivity index (χ4v) is 1.58. The summed E-state index contributed by atoms with van der Waals surface area (Å²) in [5.41, 5.74) is 1.27. The lowest BCUT2D eigenvalue weighted by Gasteiger charge is -2.02. The first-order valence-corrected chi connectivity index (χ1v) is 4.63. The fourth-order valence-electron chi connectivity index (χ4n) is 1.58. The van der Waals surface area contributed by atoms with Gasteiger partial charge in [0.05, 0.1) is 31.3 Å². The number of benzene rings is 1. The van der Waals surface area contributed by atoms with Gasteiger partial charge < -0.3 is 14.8 Å². The first-order valence-electron chi connectivity index (χ1n) is 4.63. The van der Waals surface area contributed by atoms with Gasteiger partial charge in [-0.05, 0) is 12.1 Å². The van der Waals surface area contributed by atoms with Crippen molar-refractivity contribution in [1.82, 2.24) is 9.55 Å². The minimum atomic E-state index is -0.215. The van der Waals surface area contributed by atoms with E-state index in [-0.39, 0.29) is 18.8 Å². The maximum Gasteiger partial charge on any atom is 0.326 e. The minimum absolute atomic E-state index is 0.0654. The van der Waals surface area contributed by atoms with E-state index in [9.17, 15) is 4.79 Å². The van der Waals surface area contributed by atoms with E-state index in [1.54, 1.807) is 25.3 Å². The Balaban J connectivity index is 2.66. The number of aromatic nitrogens is 2. The summed E-state index contributed by atoms with van der Waals surface area (Å²) >= 11 is 0. The van der Waals surface area contributed by atoms with Gasteiger partial charge in [-0.15, -0.1) is 0 Å². The molecular weight excluding hydrogens is 196 g/mol. The number of methoxy groups -OCH3 is 1. The highest BCUT2D eigenvalue weighted by Crippen LogP contribution is 2.17. The molecule has 0 unspecified atom stereocenters. The molecule has 2 rings (SSSR count). The number of imidazole rings is 1. The third kappa shape index (κ3) is 1.61. The van der Waals surface area contributed by atoms with Crippen LogP contribution >= 0.6 is 0 Å². The standard InChI is InChI=1S/C10H12N2O3/c1-15-7-2-3-8-9(6-7)12(4-5-13)10(14)11-8/h2-3,6,13H,4-5H2,1H3,(H,11,14). The molecule has 2 N–H and O–H groups in total. The fraction of sp³-hybridized carbons (Fsp3) is 0.300. The second kappa shape index (κ2) is 3.78. The van der Waals surface area contributed by atoms with Gasteiger partial charge in [-0.1, -0.05) is 0 Å². The molecule has 0 saturated heterocycles.